The molecule has 2 nitrogen and oxygen atoms in total. The van der Waals surface area contributed by atoms with Gasteiger partial charge in [-0.25, -0.2) is 0 Å². The Hall–Kier alpha value is -1.31. The fourth-order valence-corrected chi connectivity index (χ4v) is 0.725. The molecule has 52 valence electrons. The van der Waals surface area contributed by atoms with E-state index in [1.165, 1.54) is 0 Å². The molecule has 0 spiro atoms. The Morgan fingerprint density at radius 3 is 2.40 bits per heavy atom. The lowest BCUT2D eigenvalue weighted by molar-refractivity contribution is 1.03. The van der Waals surface area contributed by atoms with Crippen LogP contribution in [0.4, 0.5) is 5.69 Å². The number of anilines is 1. The van der Waals surface area contributed by atoms with Gasteiger partial charge >= 0.3 is 0 Å². The lowest BCUT2D eigenvalue weighted by atomic mass is 10.3. The number of rotatable bonds is 2. The van der Waals surface area contributed by atoms with E-state index in [-0.39, 0.29) is 0 Å². The molecule has 0 aliphatic heterocycles. The van der Waals surface area contributed by atoms with E-state index in [9.17, 15) is 0 Å². The normalized spacial score (nSPS) is 8.90. The number of hydrazone groups is 1. The van der Waals surface area contributed by atoms with Crippen LogP contribution < -0.4 is 5.01 Å². The van der Waals surface area contributed by atoms with Crippen LogP contribution in [0.1, 0.15) is 0 Å². The van der Waals surface area contributed by atoms with E-state index in [2.05, 4.69) is 11.8 Å². The van der Waals surface area contributed by atoms with E-state index in [4.69, 9.17) is 0 Å². The minimum Gasteiger partial charge on any atom is -0.269 e. The topological polar surface area (TPSA) is 15.6 Å². The van der Waals surface area contributed by atoms with Crippen LogP contribution >= 0.6 is 0 Å². The smallest absolute Gasteiger partial charge is 0.0590 e. The number of nitrogens with zero attached hydrogens (tertiary/aromatic N) is 2. The van der Waals surface area contributed by atoms with Crippen LogP contribution in [-0.4, -0.2) is 13.8 Å². The van der Waals surface area contributed by atoms with Gasteiger partial charge in [0.2, 0.25) is 0 Å². The van der Waals surface area contributed by atoms with Crippen LogP contribution in [0, 0.1) is 0 Å². The lowest BCUT2D eigenvalue weighted by Gasteiger charge is -2.10. The van der Waals surface area contributed by atoms with Crippen molar-refractivity contribution in [2.24, 2.45) is 5.10 Å². The SMILES string of the molecule is C=NN(C)c1ccccc1. The summed E-state index contributed by atoms with van der Waals surface area (Å²) in [6.45, 7) is 3.41. The zero-order chi connectivity index (χ0) is 7.40. The molecule has 0 fully saturated rings. The first-order chi connectivity index (χ1) is 4.84. The highest BCUT2D eigenvalue weighted by molar-refractivity contribution is 5.46. The standard InChI is InChI=1S/C8H10N2/c1-9-10(2)8-6-4-3-5-7-8/h3-7H,1H2,2H3. The zero-order valence-electron chi connectivity index (χ0n) is 5.99. The molecule has 0 heterocycles. The molecule has 0 N–H and O–H groups in total. The highest BCUT2D eigenvalue weighted by Crippen LogP contribution is 2.09. The predicted octanol–water partition coefficient (Wildman–Crippen LogP) is 1.74. The summed E-state index contributed by atoms with van der Waals surface area (Å²) >= 11 is 0. The summed E-state index contributed by atoms with van der Waals surface area (Å²) in [5.41, 5.74) is 1.05. The van der Waals surface area contributed by atoms with Crippen LogP contribution in [-0.2, 0) is 0 Å². The molecule has 1 rings (SSSR count). The largest absolute Gasteiger partial charge is 0.269 e. The Balaban J connectivity index is 2.84. The Labute approximate surface area is 60.8 Å². The van der Waals surface area contributed by atoms with Gasteiger partial charge in [-0.3, -0.25) is 5.01 Å². The molecule has 0 amide bonds. The van der Waals surface area contributed by atoms with Gasteiger partial charge in [-0.05, 0) is 12.1 Å². The zero-order valence-corrected chi connectivity index (χ0v) is 5.99. The minimum atomic E-state index is 1.05. The highest BCUT2D eigenvalue weighted by Gasteiger charge is 1.91. The maximum atomic E-state index is 3.74. The van der Waals surface area contributed by atoms with Crippen LogP contribution in [0.2, 0.25) is 0 Å². The molecule has 0 aromatic heterocycles. The van der Waals surface area contributed by atoms with E-state index >= 15 is 0 Å². The third-order valence-electron chi connectivity index (χ3n) is 1.34. The van der Waals surface area contributed by atoms with Crippen LogP contribution in [0.5, 0.6) is 0 Å². The first kappa shape index (κ1) is 6.81. The molecule has 1 aromatic carbocycles. The van der Waals surface area contributed by atoms with Crippen LogP contribution in [0.15, 0.2) is 35.4 Å². The van der Waals surface area contributed by atoms with E-state index in [0.29, 0.717) is 0 Å². The number of hydrogen-bond acceptors (Lipinski definition) is 2. The predicted molar refractivity (Wildman–Crippen MR) is 44.4 cm³/mol. The van der Waals surface area contributed by atoms with Crippen molar-refractivity contribution < 1.29 is 0 Å². The third-order valence-corrected chi connectivity index (χ3v) is 1.34. The molecule has 10 heavy (non-hydrogen) atoms. The quantitative estimate of drug-likeness (QED) is 0.444. The van der Waals surface area contributed by atoms with Gasteiger partial charge in [0.25, 0.3) is 0 Å². The average molecular weight is 134 g/mol. The van der Waals surface area contributed by atoms with Gasteiger partial charge in [-0.15, -0.1) is 0 Å². The van der Waals surface area contributed by atoms with Gasteiger partial charge in [0.1, 0.15) is 0 Å². The highest BCUT2D eigenvalue weighted by atomic mass is 15.4. The molecule has 0 unspecified atom stereocenters. The molecule has 0 aliphatic carbocycles. The van der Waals surface area contributed by atoms with E-state index < -0.39 is 0 Å². The summed E-state index contributed by atoms with van der Waals surface area (Å²) < 4.78 is 0. The van der Waals surface area contributed by atoms with E-state index in [1.807, 2.05) is 37.4 Å². The molecule has 0 atom stereocenters. The van der Waals surface area contributed by atoms with Crippen molar-refractivity contribution in [2.75, 3.05) is 12.1 Å². The van der Waals surface area contributed by atoms with E-state index in [0.717, 1.165) is 5.69 Å². The lowest BCUT2D eigenvalue weighted by Crippen LogP contribution is -2.06. The van der Waals surface area contributed by atoms with Crippen LogP contribution in [0.3, 0.4) is 0 Å². The van der Waals surface area contributed by atoms with Gasteiger partial charge in [-0.2, -0.15) is 5.10 Å². The summed E-state index contributed by atoms with van der Waals surface area (Å²) in [7, 11) is 1.86. The molecule has 0 aliphatic rings. The molecule has 0 saturated heterocycles. The second kappa shape index (κ2) is 3.01. The van der Waals surface area contributed by atoms with Crippen molar-refractivity contribution in [3.05, 3.63) is 30.3 Å². The molecule has 0 radical (unpaired) electrons. The molecular weight excluding hydrogens is 124 g/mol. The van der Waals surface area contributed by atoms with Crippen molar-refractivity contribution in [1.82, 2.24) is 0 Å². The summed E-state index contributed by atoms with van der Waals surface area (Å²) in [6.07, 6.45) is 0. The minimum absolute atomic E-state index is 1.05. The molecule has 0 bridgehead atoms. The Morgan fingerprint density at radius 1 is 1.30 bits per heavy atom. The number of hydrogen-bond donors (Lipinski definition) is 0. The van der Waals surface area contributed by atoms with Crippen molar-refractivity contribution >= 4 is 12.4 Å². The second-order valence-electron chi connectivity index (χ2n) is 2.00. The van der Waals surface area contributed by atoms with Gasteiger partial charge < -0.3 is 0 Å². The maximum absolute atomic E-state index is 3.74. The summed E-state index contributed by atoms with van der Waals surface area (Å²) in [6, 6.07) is 9.87. The summed E-state index contributed by atoms with van der Waals surface area (Å²) in [5.74, 6) is 0. The van der Waals surface area contributed by atoms with Gasteiger partial charge in [0, 0.05) is 13.8 Å². The fraction of sp³-hybridized carbons (Fsp3) is 0.125. The third kappa shape index (κ3) is 1.35. The van der Waals surface area contributed by atoms with Gasteiger partial charge in [0.15, 0.2) is 0 Å². The van der Waals surface area contributed by atoms with E-state index in [1.54, 1.807) is 5.01 Å². The molecule has 2 heteroatoms. The van der Waals surface area contributed by atoms with Crippen LogP contribution in [0.25, 0.3) is 0 Å². The summed E-state index contributed by atoms with van der Waals surface area (Å²) in [4.78, 5) is 0. The molecule has 0 saturated carbocycles. The van der Waals surface area contributed by atoms with Crippen molar-refractivity contribution in [3.63, 3.8) is 0 Å². The van der Waals surface area contributed by atoms with Crippen molar-refractivity contribution in [3.8, 4) is 0 Å². The van der Waals surface area contributed by atoms with Gasteiger partial charge in [0.05, 0.1) is 5.69 Å². The van der Waals surface area contributed by atoms with Crippen molar-refractivity contribution in [2.45, 2.75) is 0 Å². The monoisotopic (exact) mass is 134 g/mol. The Bertz CT molecular complexity index is 206. The van der Waals surface area contributed by atoms with Crippen molar-refractivity contribution in [1.29, 1.82) is 0 Å². The first-order valence-corrected chi connectivity index (χ1v) is 3.10. The Morgan fingerprint density at radius 2 is 1.90 bits per heavy atom. The first-order valence-electron chi connectivity index (χ1n) is 3.10. The Kier molecular flexibility index (Phi) is 2.05. The number of para-hydroxylation sites is 1. The fourth-order valence-electron chi connectivity index (χ4n) is 0.725. The van der Waals surface area contributed by atoms with Gasteiger partial charge in [-0.1, -0.05) is 18.2 Å². The summed E-state index contributed by atoms with van der Waals surface area (Å²) in [5, 5.41) is 5.46. The number of benzene rings is 1. The maximum Gasteiger partial charge on any atom is 0.0590 e. The second-order valence-corrected chi connectivity index (χ2v) is 2.00. The molecule has 1 aromatic rings. The molecular formula is C8H10N2. The average Bonchev–Trinajstić information content (AvgIpc) is 2.05.